The molecule has 8 bridgehead atoms. The van der Waals surface area contributed by atoms with Gasteiger partial charge in [0.15, 0.2) is 0 Å². The Labute approximate surface area is 203 Å². The Morgan fingerprint density at radius 3 is 1.44 bits per heavy atom. The molecule has 8 aliphatic rings. The van der Waals surface area contributed by atoms with Gasteiger partial charge in [-0.25, -0.2) is 4.98 Å². The van der Waals surface area contributed by atoms with Crippen molar-refractivity contribution in [3.63, 3.8) is 0 Å². The molecule has 1 aromatic heterocycles. The van der Waals surface area contributed by atoms with E-state index in [2.05, 4.69) is 29.5 Å². The molecule has 2 amide bonds. The third kappa shape index (κ3) is 3.28. The summed E-state index contributed by atoms with van der Waals surface area (Å²) in [4.78, 5) is 31.8. The molecule has 34 heavy (non-hydrogen) atoms. The number of nitrogens with one attached hydrogen (secondary N) is 2. The third-order valence-electron chi connectivity index (χ3n) is 10.9. The Balaban J connectivity index is 1.07. The number of aromatic nitrogens is 1. The topological polar surface area (TPSA) is 71.1 Å². The number of rotatable bonds is 4. The lowest BCUT2D eigenvalue weighted by molar-refractivity contribution is -0.150. The van der Waals surface area contributed by atoms with Crippen LogP contribution in [0, 0.1) is 45.3 Å². The van der Waals surface area contributed by atoms with E-state index in [0.29, 0.717) is 46.1 Å². The van der Waals surface area contributed by atoms with E-state index >= 15 is 0 Å². The second kappa shape index (κ2) is 6.85. The molecule has 5 heteroatoms. The monoisotopic (exact) mass is 461 g/mol. The second-order valence-electron chi connectivity index (χ2n) is 14.4. The number of amides is 2. The van der Waals surface area contributed by atoms with E-state index < -0.39 is 0 Å². The van der Waals surface area contributed by atoms with Crippen LogP contribution >= 0.6 is 0 Å². The molecule has 1 aromatic rings. The SMILES string of the molecule is CC12CC3CC(C1)CC(C(=O)Nc1cccc(NC(=O)C45CC6CC(CC(C)(C6)C4)C5)n1)(C3)C2. The van der Waals surface area contributed by atoms with Crippen LogP contribution in [0.4, 0.5) is 11.6 Å². The molecule has 182 valence electrons. The van der Waals surface area contributed by atoms with E-state index in [1.54, 1.807) is 0 Å². The van der Waals surface area contributed by atoms with Crippen LogP contribution in [0.2, 0.25) is 0 Å². The fourth-order valence-corrected chi connectivity index (χ4v) is 11.0. The van der Waals surface area contributed by atoms with Crippen molar-refractivity contribution < 1.29 is 9.59 Å². The lowest BCUT2D eigenvalue weighted by Crippen LogP contribution is -2.55. The summed E-state index contributed by atoms with van der Waals surface area (Å²) in [7, 11) is 0. The number of anilines is 2. The van der Waals surface area contributed by atoms with Gasteiger partial charge in [-0.2, -0.15) is 0 Å². The maximum atomic E-state index is 13.6. The van der Waals surface area contributed by atoms with Gasteiger partial charge in [0, 0.05) is 0 Å². The van der Waals surface area contributed by atoms with Crippen molar-refractivity contribution in [2.45, 2.75) is 90.9 Å². The largest absolute Gasteiger partial charge is 0.310 e. The van der Waals surface area contributed by atoms with Gasteiger partial charge in [0.1, 0.15) is 11.6 Å². The maximum Gasteiger partial charge on any atom is 0.231 e. The van der Waals surface area contributed by atoms with E-state index in [1.807, 2.05) is 18.2 Å². The molecule has 5 nitrogen and oxygen atoms in total. The van der Waals surface area contributed by atoms with Crippen LogP contribution in [-0.2, 0) is 9.59 Å². The summed E-state index contributed by atoms with van der Waals surface area (Å²) in [5, 5.41) is 6.34. The molecular weight excluding hydrogens is 422 g/mol. The summed E-state index contributed by atoms with van der Waals surface area (Å²) >= 11 is 0. The molecule has 8 aliphatic carbocycles. The number of carbonyl (C=O) groups is 2. The first-order chi connectivity index (χ1) is 16.1. The normalized spacial score (nSPS) is 47.6. The van der Waals surface area contributed by atoms with Crippen molar-refractivity contribution in [2.75, 3.05) is 10.6 Å². The van der Waals surface area contributed by atoms with Crippen LogP contribution in [0.3, 0.4) is 0 Å². The van der Waals surface area contributed by atoms with Crippen molar-refractivity contribution in [3.8, 4) is 0 Å². The number of carbonyl (C=O) groups excluding carboxylic acids is 2. The van der Waals surface area contributed by atoms with Crippen LogP contribution in [-0.4, -0.2) is 16.8 Å². The highest BCUT2D eigenvalue weighted by atomic mass is 16.2. The Morgan fingerprint density at radius 2 is 1.09 bits per heavy atom. The van der Waals surface area contributed by atoms with Crippen molar-refractivity contribution in [1.82, 2.24) is 4.98 Å². The van der Waals surface area contributed by atoms with E-state index in [0.717, 1.165) is 38.5 Å². The first-order valence-electron chi connectivity index (χ1n) is 13.7. The number of nitrogens with zero attached hydrogens (tertiary/aromatic N) is 1. The number of hydrogen-bond donors (Lipinski definition) is 2. The first kappa shape index (κ1) is 21.4. The Morgan fingerprint density at radius 1 is 0.706 bits per heavy atom. The molecule has 8 saturated carbocycles. The predicted molar refractivity (Wildman–Crippen MR) is 132 cm³/mol. The summed E-state index contributed by atoms with van der Waals surface area (Å²) < 4.78 is 0. The zero-order chi connectivity index (χ0) is 23.3. The van der Waals surface area contributed by atoms with Crippen LogP contribution in [0.25, 0.3) is 0 Å². The second-order valence-corrected chi connectivity index (χ2v) is 14.4. The minimum absolute atomic E-state index is 0.151. The zero-order valence-corrected chi connectivity index (χ0v) is 20.8. The highest BCUT2D eigenvalue weighted by Gasteiger charge is 2.60. The van der Waals surface area contributed by atoms with Gasteiger partial charge in [-0.3, -0.25) is 9.59 Å². The van der Waals surface area contributed by atoms with Crippen molar-refractivity contribution in [2.24, 2.45) is 45.3 Å². The minimum Gasteiger partial charge on any atom is -0.310 e. The standard InChI is InChI=1S/C29H39N3O2/c1-26-8-18-6-19(9-26)13-28(12-18,16-26)24(33)31-22-4-3-5-23(30-22)32-25(34)29-14-20-7-21(15-29)11-27(2,10-20)17-29/h3-5,18-21H,6-17H2,1-2H3,(H2,30,31,32,33,34). The third-order valence-corrected chi connectivity index (χ3v) is 10.9. The average molecular weight is 462 g/mol. The lowest BCUT2D eigenvalue weighted by Gasteiger charge is -2.60. The van der Waals surface area contributed by atoms with Gasteiger partial charge in [-0.05, 0) is 124 Å². The van der Waals surface area contributed by atoms with E-state index in [9.17, 15) is 9.59 Å². The smallest absolute Gasteiger partial charge is 0.231 e. The Kier molecular flexibility index (Phi) is 4.31. The van der Waals surface area contributed by atoms with Gasteiger partial charge in [0.2, 0.25) is 11.8 Å². The summed E-state index contributed by atoms with van der Waals surface area (Å²) in [6, 6.07) is 5.63. The molecule has 0 spiro atoms. The van der Waals surface area contributed by atoms with E-state index in [1.165, 1.54) is 38.5 Å². The molecule has 8 fully saturated rings. The summed E-state index contributed by atoms with van der Waals surface area (Å²) in [5.41, 5.74) is 0.209. The molecule has 4 atom stereocenters. The quantitative estimate of drug-likeness (QED) is 0.563. The van der Waals surface area contributed by atoms with Gasteiger partial charge in [-0.15, -0.1) is 0 Å². The number of hydrogen-bond acceptors (Lipinski definition) is 3. The van der Waals surface area contributed by atoms with Gasteiger partial charge < -0.3 is 10.6 Å². The first-order valence-corrected chi connectivity index (χ1v) is 13.7. The van der Waals surface area contributed by atoms with Crippen molar-refractivity contribution in [1.29, 1.82) is 0 Å². The molecule has 0 saturated heterocycles. The summed E-state index contributed by atoms with van der Waals surface area (Å²) in [5.74, 6) is 4.27. The van der Waals surface area contributed by atoms with Gasteiger partial charge in [0.05, 0.1) is 10.8 Å². The molecule has 4 unspecified atom stereocenters. The van der Waals surface area contributed by atoms with E-state index in [-0.39, 0.29) is 22.6 Å². The molecule has 1 heterocycles. The van der Waals surface area contributed by atoms with Crippen LogP contribution in [0.5, 0.6) is 0 Å². The minimum atomic E-state index is -0.228. The predicted octanol–water partition coefficient (Wildman–Crippen LogP) is 6.17. The molecule has 0 aromatic carbocycles. The van der Waals surface area contributed by atoms with Gasteiger partial charge >= 0.3 is 0 Å². The summed E-state index contributed by atoms with van der Waals surface area (Å²) in [6.45, 7) is 4.79. The van der Waals surface area contributed by atoms with Crippen molar-refractivity contribution in [3.05, 3.63) is 18.2 Å². The molecular formula is C29H39N3O2. The van der Waals surface area contributed by atoms with Gasteiger partial charge in [-0.1, -0.05) is 19.9 Å². The van der Waals surface area contributed by atoms with Crippen LogP contribution in [0.1, 0.15) is 90.9 Å². The van der Waals surface area contributed by atoms with E-state index in [4.69, 9.17) is 0 Å². The van der Waals surface area contributed by atoms with Gasteiger partial charge in [0.25, 0.3) is 0 Å². The zero-order valence-electron chi connectivity index (χ0n) is 20.8. The molecule has 0 radical (unpaired) electrons. The fourth-order valence-electron chi connectivity index (χ4n) is 11.0. The summed E-state index contributed by atoms with van der Waals surface area (Å²) in [6.07, 6.45) is 14.0. The number of pyridine rings is 1. The highest BCUT2D eigenvalue weighted by Crippen LogP contribution is 2.66. The fraction of sp³-hybridized carbons (Fsp3) is 0.759. The highest BCUT2D eigenvalue weighted by molar-refractivity contribution is 5.97. The Bertz CT molecular complexity index is 956. The Hall–Kier alpha value is -1.91. The molecule has 0 aliphatic heterocycles. The average Bonchev–Trinajstić information content (AvgIpc) is 2.70. The maximum absolute atomic E-state index is 13.6. The molecule has 9 rings (SSSR count). The van der Waals surface area contributed by atoms with Crippen LogP contribution < -0.4 is 10.6 Å². The van der Waals surface area contributed by atoms with Crippen LogP contribution in [0.15, 0.2) is 18.2 Å². The lowest BCUT2D eigenvalue weighted by atomic mass is 9.44. The molecule has 2 N–H and O–H groups in total. The van der Waals surface area contributed by atoms with Crippen molar-refractivity contribution >= 4 is 23.5 Å².